The smallest absolute Gasteiger partial charge is 0.253 e. The average Bonchev–Trinajstić information content (AvgIpc) is 3.15. The van der Waals surface area contributed by atoms with E-state index in [0.717, 1.165) is 29.1 Å². The summed E-state index contributed by atoms with van der Waals surface area (Å²) in [5.41, 5.74) is 1.62. The van der Waals surface area contributed by atoms with Crippen LogP contribution in [0, 0.1) is 0 Å². The zero-order valence-corrected chi connectivity index (χ0v) is 15.7. The maximum Gasteiger partial charge on any atom is 0.253 e. The third-order valence-corrected chi connectivity index (χ3v) is 4.88. The summed E-state index contributed by atoms with van der Waals surface area (Å²) in [5.74, 6) is 1.04. The van der Waals surface area contributed by atoms with Gasteiger partial charge in [0.2, 0.25) is 0 Å². The normalized spacial score (nSPS) is 14.5. The van der Waals surface area contributed by atoms with Crippen molar-refractivity contribution in [2.75, 3.05) is 31.1 Å². The second kappa shape index (κ2) is 7.29. The molecule has 3 aromatic rings. The molecule has 0 aliphatic carbocycles. The number of hydrogen-bond donors (Lipinski definition) is 0. The maximum absolute atomic E-state index is 12.8. The highest BCUT2D eigenvalue weighted by Gasteiger charge is 2.22. The fraction of sp³-hybridized carbons (Fsp3) is 0.211. The molecule has 4 rings (SSSR count). The van der Waals surface area contributed by atoms with Crippen LogP contribution in [0.4, 0.5) is 5.82 Å². The van der Waals surface area contributed by atoms with Crippen LogP contribution in [0.15, 0.2) is 65.5 Å². The zero-order valence-electron chi connectivity index (χ0n) is 14.1. The molecule has 1 aromatic carbocycles. The maximum atomic E-state index is 12.8. The van der Waals surface area contributed by atoms with Gasteiger partial charge in [-0.15, -0.1) is 0 Å². The first-order chi connectivity index (χ1) is 12.7. The largest absolute Gasteiger partial charge is 0.353 e. The highest BCUT2D eigenvalue weighted by Crippen LogP contribution is 2.17. The molecule has 0 radical (unpaired) electrons. The number of hydrogen-bond acceptors (Lipinski definition) is 4. The van der Waals surface area contributed by atoms with Crippen LogP contribution < -0.4 is 4.90 Å². The SMILES string of the molecule is O=C(c1ccc(-n2cc(Br)cn2)cc1)N1CCN(c2ccccn2)CC1. The van der Waals surface area contributed by atoms with Gasteiger partial charge in [-0.25, -0.2) is 9.67 Å². The van der Waals surface area contributed by atoms with E-state index < -0.39 is 0 Å². The lowest BCUT2D eigenvalue weighted by atomic mass is 10.1. The summed E-state index contributed by atoms with van der Waals surface area (Å²) in [4.78, 5) is 21.3. The number of piperazine rings is 1. The van der Waals surface area contributed by atoms with Crippen molar-refractivity contribution in [1.82, 2.24) is 19.7 Å². The molecule has 0 saturated carbocycles. The Kier molecular flexibility index (Phi) is 4.71. The van der Waals surface area contributed by atoms with Crippen LogP contribution in [0.2, 0.25) is 0 Å². The average molecular weight is 412 g/mol. The zero-order chi connectivity index (χ0) is 17.9. The second-order valence-corrected chi connectivity index (χ2v) is 7.03. The van der Waals surface area contributed by atoms with Crippen molar-refractivity contribution >= 4 is 27.7 Å². The molecule has 2 aromatic heterocycles. The van der Waals surface area contributed by atoms with E-state index in [0.29, 0.717) is 18.7 Å². The van der Waals surface area contributed by atoms with E-state index in [4.69, 9.17) is 0 Å². The van der Waals surface area contributed by atoms with Crippen molar-refractivity contribution in [2.24, 2.45) is 0 Å². The molecular formula is C19H18BrN5O. The molecule has 0 N–H and O–H groups in total. The topological polar surface area (TPSA) is 54.3 Å². The Morgan fingerprint density at radius 2 is 1.77 bits per heavy atom. The molecule has 6 nitrogen and oxygen atoms in total. The number of carbonyl (C=O) groups is 1. The van der Waals surface area contributed by atoms with E-state index in [-0.39, 0.29) is 5.91 Å². The van der Waals surface area contributed by atoms with Gasteiger partial charge in [-0.2, -0.15) is 5.10 Å². The van der Waals surface area contributed by atoms with Gasteiger partial charge in [0.1, 0.15) is 5.82 Å². The predicted molar refractivity (Wildman–Crippen MR) is 104 cm³/mol. The first-order valence-corrected chi connectivity index (χ1v) is 9.26. The molecule has 1 saturated heterocycles. The first kappa shape index (κ1) is 16.8. The van der Waals surface area contributed by atoms with Gasteiger partial charge in [-0.3, -0.25) is 4.79 Å². The van der Waals surface area contributed by atoms with E-state index in [1.807, 2.05) is 53.6 Å². The molecular weight excluding hydrogens is 394 g/mol. The molecule has 0 atom stereocenters. The van der Waals surface area contributed by atoms with Gasteiger partial charge >= 0.3 is 0 Å². The minimum atomic E-state index is 0.0684. The molecule has 1 amide bonds. The Balaban J connectivity index is 1.40. The van der Waals surface area contributed by atoms with Crippen LogP contribution in [-0.4, -0.2) is 51.8 Å². The molecule has 0 spiro atoms. The summed E-state index contributed by atoms with van der Waals surface area (Å²) < 4.78 is 2.69. The van der Waals surface area contributed by atoms with Gasteiger partial charge in [-0.1, -0.05) is 6.07 Å². The molecule has 26 heavy (non-hydrogen) atoms. The lowest BCUT2D eigenvalue weighted by Crippen LogP contribution is -2.49. The van der Waals surface area contributed by atoms with Gasteiger partial charge < -0.3 is 9.80 Å². The van der Waals surface area contributed by atoms with Crippen LogP contribution in [0.5, 0.6) is 0 Å². The van der Waals surface area contributed by atoms with E-state index in [9.17, 15) is 4.79 Å². The van der Waals surface area contributed by atoms with Crippen molar-refractivity contribution < 1.29 is 4.79 Å². The van der Waals surface area contributed by atoms with Gasteiger partial charge in [-0.05, 0) is 52.3 Å². The number of pyridine rings is 1. The van der Waals surface area contributed by atoms with Gasteiger partial charge in [0.05, 0.1) is 16.4 Å². The predicted octanol–water partition coefficient (Wildman–Crippen LogP) is 2.99. The van der Waals surface area contributed by atoms with Crippen LogP contribution in [0.1, 0.15) is 10.4 Å². The number of nitrogens with zero attached hydrogens (tertiary/aromatic N) is 5. The molecule has 0 unspecified atom stereocenters. The fourth-order valence-electron chi connectivity index (χ4n) is 3.06. The Labute approximate surface area is 160 Å². The number of amides is 1. The summed E-state index contributed by atoms with van der Waals surface area (Å²) in [6.07, 6.45) is 5.42. The number of aromatic nitrogens is 3. The molecule has 3 heterocycles. The number of benzene rings is 1. The molecule has 1 fully saturated rings. The van der Waals surface area contributed by atoms with Gasteiger partial charge in [0.15, 0.2) is 0 Å². The summed E-state index contributed by atoms with van der Waals surface area (Å²) in [6.45, 7) is 2.98. The van der Waals surface area contributed by atoms with Crippen molar-refractivity contribution in [3.63, 3.8) is 0 Å². The lowest BCUT2D eigenvalue weighted by Gasteiger charge is -2.35. The van der Waals surface area contributed by atoms with Crippen molar-refractivity contribution in [3.05, 3.63) is 71.1 Å². The quantitative estimate of drug-likeness (QED) is 0.664. The molecule has 132 valence electrons. The van der Waals surface area contributed by atoms with Gasteiger partial charge in [0, 0.05) is 44.1 Å². The Hall–Kier alpha value is -2.67. The number of carbonyl (C=O) groups excluding carboxylic acids is 1. The van der Waals surface area contributed by atoms with Crippen molar-refractivity contribution in [2.45, 2.75) is 0 Å². The number of halogens is 1. The Bertz CT molecular complexity index is 886. The van der Waals surface area contributed by atoms with Crippen LogP contribution in [0.25, 0.3) is 5.69 Å². The standard InChI is InChI=1S/C19H18BrN5O/c20-16-13-22-25(14-16)17-6-4-15(5-7-17)19(26)24-11-9-23(10-12-24)18-3-1-2-8-21-18/h1-8,13-14H,9-12H2. The molecule has 1 aliphatic heterocycles. The summed E-state index contributed by atoms with van der Waals surface area (Å²) >= 11 is 3.39. The monoisotopic (exact) mass is 411 g/mol. The minimum absolute atomic E-state index is 0.0684. The third-order valence-electron chi connectivity index (χ3n) is 4.47. The molecule has 0 bridgehead atoms. The van der Waals surface area contributed by atoms with E-state index in [1.54, 1.807) is 17.1 Å². The fourth-order valence-corrected chi connectivity index (χ4v) is 3.35. The Morgan fingerprint density at radius 3 is 2.38 bits per heavy atom. The van der Waals surface area contributed by atoms with Crippen LogP contribution >= 0.6 is 15.9 Å². The Morgan fingerprint density at radius 1 is 1.00 bits per heavy atom. The van der Waals surface area contributed by atoms with E-state index in [2.05, 4.69) is 30.9 Å². The number of rotatable bonds is 3. The third kappa shape index (κ3) is 3.48. The van der Waals surface area contributed by atoms with E-state index in [1.165, 1.54) is 0 Å². The molecule has 1 aliphatic rings. The van der Waals surface area contributed by atoms with Gasteiger partial charge in [0.25, 0.3) is 5.91 Å². The summed E-state index contributed by atoms with van der Waals surface area (Å²) in [7, 11) is 0. The number of anilines is 1. The highest BCUT2D eigenvalue weighted by atomic mass is 79.9. The minimum Gasteiger partial charge on any atom is -0.353 e. The lowest BCUT2D eigenvalue weighted by molar-refractivity contribution is 0.0746. The van der Waals surface area contributed by atoms with Crippen molar-refractivity contribution in [1.29, 1.82) is 0 Å². The summed E-state index contributed by atoms with van der Waals surface area (Å²) in [5, 5.41) is 4.25. The first-order valence-electron chi connectivity index (χ1n) is 8.46. The summed E-state index contributed by atoms with van der Waals surface area (Å²) in [6, 6.07) is 13.4. The highest BCUT2D eigenvalue weighted by molar-refractivity contribution is 9.10. The molecule has 7 heteroatoms. The second-order valence-electron chi connectivity index (χ2n) is 6.12. The van der Waals surface area contributed by atoms with E-state index >= 15 is 0 Å². The van der Waals surface area contributed by atoms with Crippen LogP contribution in [0.3, 0.4) is 0 Å². The van der Waals surface area contributed by atoms with Crippen molar-refractivity contribution in [3.8, 4) is 5.69 Å². The van der Waals surface area contributed by atoms with Crippen LogP contribution in [-0.2, 0) is 0 Å².